The summed E-state index contributed by atoms with van der Waals surface area (Å²) in [7, 11) is -4.15. The second-order valence-corrected chi connectivity index (χ2v) is 11.6. The number of phosphoric acid groups is 1. The summed E-state index contributed by atoms with van der Waals surface area (Å²) in [5.41, 5.74) is -1.61. The Labute approximate surface area is 193 Å². The Balaban J connectivity index is 1.79. The van der Waals surface area contributed by atoms with Crippen LogP contribution >= 0.6 is 7.82 Å². The van der Waals surface area contributed by atoms with E-state index in [0.717, 1.165) is 6.42 Å². The van der Waals surface area contributed by atoms with Gasteiger partial charge in [-0.15, -0.1) is 0 Å². The average molecular weight is 491 g/mol. The maximum Gasteiger partial charge on any atom is 0.478 e. The summed E-state index contributed by atoms with van der Waals surface area (Å²) >= 11 is 0. The van der Waals surface area contributed by atoms with E-state index in [2.05, 4.69) is 5.32 Å². The monoisotopic (exact) mass is 491 g/mol. The molecule has 1 aliphatic heterocycles. The van der Waals surface area contributed by atoms with E-state index >= 15 is 0 Å². The van der Waals surface area contributed by atoms with Crippen molar-refractivity contribution in [1.82, 2.24) is 5.32 Å². The SMILES string of the molecule is CC(C)(C)C(=O)OCO[P@@]1(=O)OCC(C)(C)[C@H](C(=O)NCCC(=O)OC[C@@H]2CCC(=O)C2)O1. The van der Waals surface area contributed by atoms with Gasteiger partial charge >= 0.3 is 19.8 Å². The van der Waals surface area contributed by atoms with Crippen molar-refractivity contribution in [2.75, 3.05) is 26.6 Å². The van der Waals surface area contributed by atoms with Gasteiger partial charge in [0.2, 0.25) is 12.7 Å². The zero-order valence-electron chi connectivity index (χ0n) is 19.8. The Morgan fingerprint density at radius 1 is 1.21 bits per heavy atom. The van der Waals surface area contributed by atoms with E-state index in [1.165, 1.54) is 0 Å². The number of carbonyl (C=O) groups is 4. The molecule has 12 heteroatoms. The molecule has 188 valence electrons. The van der Waals surface area contributed by atoms with Gasteiger partial charge in [0, 0.05) is 30.7 Å². The summed E-state index contributed by atoms with van der Waals surface area (Å²) in [6.07, 6.45) is 0.420. The predicted octanol–water partition coefficient (Wildman–Crippen LogP) is 2.52. The number of nitrogens with one attached hydrogen (secondary N) is 1. The maximum atomic E-state index is 12.7. The van der Waals surface area contributed by atoms with Gasteiger partial charge < -0.3 is 14.8 Å². The first-order valence-electron chi connectivity index (χ1n) is 10.9. The van der Waals surface area contributed by atoms with Crippen molar-refractivity contribution in [3.63, 3.8) is 0 Å². The summed E-state index contributed by atoms with van der Waals surface area (Å²) in [4.78, 5) is 47.6. The molecule has 1 saturated heterocycles. The standard InChI is InChI=1S/C21H34NO10P/c1-20(2,3)19(26)29-13-31-33(27)30-12-21(4,5)17(32-33)18(25)22-9-8-16(24)28-11-14-6-7-15(23)10-14/h14,17H,6-13H2,1-5H3,(H,22,25)/t14-,17+,33-/m1/s1. The number of Topliss-reactive ketones (excluding diaryl/α,β-unsaturated/α-hetero) is 1. The van der Waals surface area contributed by atoms with E-state index < -0.39 is 49.4 Å². The van der Waals surface area contributed by atoms with Crippen LogP contribution in [-0.2, 0) is 46.8 Å². The van der Waals surface area contributed by atoms with Gasteiger partial charge in [-0.25, -0.2) is 9.09 Å². The maximum absolute atomic E-state index is 12.7. The van der Waals surface area contributed by atoms with Crippen LogP contribution in [0.25, 0.3) is 0 Å². The molecule has 1 amide bonds. The average Bonchev–Trinajstić information content (AvgIpc) is 3.13. The summed E-state index contributed by atoms with van der Waals surface area (Å²) in [6, 6.07) is 0. The number of carbonyl (C=O) groups excluding carboxylic acids is 4. The molecule has 0 bridgehead atoms. The van der Waals surface area contributed by atoms with E-state index in [9.17, 15) is 23.7 Å². The second-order valence-electron chi connectivity index (χ2n) is 9.99. The molecular weight excluding hydrogens is 457 g/mol. The van der Waals surface area contributed by atoms with Crippen LogP contribution in [0.3, 0.4) is 0 Å². The predicted molar refractivity (Wildman–Crippen MR) is 115 cm³/mol. The van der Waals surface area contributed by atoms with Gasteiger partial charge in [-0.1, -0.05) is 13.8 Å². The van der Waals surface area contributed by atoms with Crippen molar-refractivity contribution in [2.24, 2.45) is 16.7 Å². The Kier molecular flexibility index (Phi) is 9.21. The lowest BCUT2D eigenvalue weighted by Gasteiger charge is -2.39. The Morgan fingerprint density at radius 3 is 2.52 bits per heavy atom. The van der Waals surface area contributed by atoms with E-state index in [1.807, 2.05) is 0 Å². The van der Waals surface area contributed by atoms with Crippen LogP contribution in [0.5, 0.6) is 0 Å². The minimum absolute atomic E-state index is 0.00752. The lowest BCUT2D eigenvalue weighted by atomic mass is 9.87. The van der Waals surface area contributed by atoms with Crippen molar-refractivity contribution in [3.8, 4) is 0 Å². The minimum Gasteiger partial charge on any atom is -0.465 e. The van der Waals surface area contributed by atoms with Crippen LogP contribution in [0.4, 0.5) is 0 Å². The molecule has 0 unspecified atom stereocenters. The van der Waals surface area contributed by atoms with Gasteiger partial charge in [0.1, 0.15) is 5.78 Å². The number of phosphoric ester groups is 1. The third kappa shape index (κ3) is 8.48. The molecule has 3 atom stereocenters. The molecule has 0 aromatic carbocycles. The highest BCUT2D eigenvalue weighted by Crippen LogP contribution is 2.57. The largest absolute Gasteiger partial charge is 0.478 e. The minimum atomic E-state index is -4.15. The number of amides is 1. The third-order valence-corrected chi connectivity index (χ3v) is 6.58. The van der Waals surface area contributed by atoms with E-state index in [4.69, 9.17) is 23.0 Å². The Morgan fingerprint density at radius 2 is 1.91 bits per heavy atom. The highest BCUT2D eigenvalue weighted by atomic mass is 31.2. The van der Waals surface area contributed by atoms with Crippen LogP contribution < -0.4 is 5.32 Å². The smallest absolute Gasteiger partial charge is 0.465 e. The van der Waals surface area contributed by atoms with Crippen molar-refractivity contribution in [1.29, 1.82) is 0 Å². The number of hydrogen-bond donors (Lipinski definition) is 1. The van der Waals surface area contributed by atoms with E-state index in [1.54, 1.807) is 34.6 Å². The molecule has 11 nitrogen and oxygen atoms in total. The first-order chi connectivity index (χ1) is 15.2. The normalized spacial score (nSPS) is 27.1. The molecule has 0 aromatic heterocycles. The lowest BCUT2D eigenvalue weighted by molar-refractivity contribution is -0.163. The van der Waals surface area contributed by atoms with Crippen LogP contribution in [0.2, 0.25) is 0 Å². The highest BCUT2D eigenvalue weighted by molar-refractivity contribution is 7.48. The second kappa shape index (κ2) is 11.1. The lowest BCUT2D eigenvalue weighted by Crippen LogP contribution is -2.50. The molecule has 2 fully saturated rings. The van der Waals surface area contributed by atoms with Gasteiger partial charge in [0.25, 0.3) is 0 Å². The number of hydrogen-bond acceptors (Lipinski definition) is 10. The molecule has 0 radical (unpaired) electrons. The molecule has 1 N–H and O–H groups in total. The first-order valence-corrected chi connectivity index (χ1v) is 12.4. The molecular formula is C21H34NO10P. The summed E-state index contributed by atoms with van der Waals surface area (Å²) < 4.78 is 38.4. The van der Waals surface area contributed by atoms with Crippen LogP contribution in [0.15, 0.2) is 0 Å². The van der Waals surface area contributed by atoms with Crippen molar-refractivity contribution >= 4 is 31.5 Å². The topological polar surface area (TPSA) is 144 Å². The first kappa shape index (κ1) is 27.4. The zero-order valence-corrected chi connectivity index (χ0v) is 20.7. The number of esters is 2. The van der Waals surface area contributed by atoms with E-state index in [-0.39, 0.29) is 37.9 Å². The fourth-order valence-corrected chi connectivity index (χ4v) is 4.66. The van der Waals surface area contributed by atoms with Crippen molar-refractivity contribution in [2.45, 2.75) is 66.4 Å². The number of ketones is 1. The fraction of sp³-hybridized carbons (Fsp3) is 0.810. The number of rotatable bonds is 9. The summed E-state index contributed by atoms with van der Waals surface area (Å²) in [6.45, 7) is 7.77. The van der Waals surface area contributed by atoms with Crippen LogP contribution in [-0.4, -0.2) is 56.3 Å². The van der Waals surface area contributed by atoms with Crippen molar-refractivity contribution in [3.05, 3.63) is 0 Å². The summed E-state index contributed by atoms with van der Waals surface area (Å²) in [5, 5.41) is 2.57. The molecule has 1 aliphatic carbocycles. The van der Waals surface area contributed by atoms with Gasteiger partial charge in [-0.05, 0) is 27.2 Å². The van der Waals surface area contributed by atoms with Gasteiger partial charge in [-0.3, -0.25) is 28.2 Å². The van der Waals surface area contributed by atoms with Crippen LogP contribution in [0, 0.1) is 16.7 Å². The Hall–Kier alpha value is -1.81. The van der Waals surface area contributed by atoms with E-state index in [0.29, 0.717) is 12.8 Å². The molecule has 2 rings (SSSR count). The van der Waals surface area contributed by atoms with Crippen molar-refractivity contribution < 1.29 is 46.8 Å². The van der Waals surface area contributed by atoms with Gasteiger partial charge in [0.05, 0.1) is 25.0 Å². The summed E-state index contributed by atoms with van der Waals surface area (Å²) in [5.74, 6) is -1.41. The molecule has 2 aliphatic rings. The quantitative estimate of drug-likeness (QED) is 0.290. The van der Waals surface area contributed by atoms with Gasteiger partial charge in [-0.2, -0.15) is 0 Å². The molecule has 0 aromatic rings. The van der Waals surface area contributed by atoms with Gasteiger partial charge in [0.15, 0.2) is 6.10 Å². The fourth-order valence-electron chi connectivity index (χ4n) is 3.15. The van der Waals surface area contributed by atoms with Crippen LogP contribution in [0.1, 0.15) is 60.3 Å². The molecule has 1 heterocycles. The zero-order chi connectivity index (χ0) is 24.9. The molecule has 33 heavy (non-hydrogen) atoms. The highest BCUT2D eigenvalue weighted by Gasteiger charge is 2.49. The Bertz CT molecular complexity index is 803. The number of ether oxygens (including phenoxy) is 2. The molecule has 0 spiro atoms. The molecule has 1 saturated carbocycles. The third-order valence-electron chi connectivity index (χ3n) is 5.25.